The van der Waals surface area contributed by atoms with Gasteiger partial charge in [-0.1, -0.05) is 0 Å². The van der Waals surface area contributed by atoms with Gasteiger partial charge in [0.25, 0.3) is 0 Å². The van der Waals surface area contributed by atoms with Gasteiger partial charge in [0.15, 0.2) is 5.82 Å². The van der Waals surface area contributed by atoms with Crippen molar-refractivity contribution in [1.82, 2.24) is 15.3 Å². The Kier molecular flexibility index (Phi) is 2.74. The maximum absolute atomic E-state index is 5.29. The molecule has 14 heavy (non-hydrogen) atoms. The highest BCUT2D eigenvalue weighted by molar-refractivity contribution is 5.28. The van der Waals surface area contributed by atoms with E-state index in [1.807, 2.05) is 13.8 Å². The summed E-state index contributed by atoms with van der Waals surface area (Å²) < 4.78 is 5.29. The van der Waals surface area contributed by atoms with Gasteiger partial charge in [-0.2, -0.15) is 0 Å². The molecule has 76 valence electrons. The average molecular weight is 193 g/mol. The summed E-state index contributed by atoms with van der Waals surface area (Å²) in [6, 6.07) is 0. The SMILES string of the molecule is CCOCc1nc(C)c2c(n1)CNC2. The summed E-state index contributed by atoms with van der Waals surface area (Å²) in [5.41, 5.74) is 3.46. The molecule has 4 nitrogen and oxygen atoms in total. The molecule has 0 saturated carbocycles. The number of aromatic nitrogens is 2. The zero-order chi connectivity index (χ0) is 9.97. The number of nitrogens with zero attached hydrogens (tertiary/aromatic N) is 2. The summed E-state index contributed by atoms with van der Waals surface area (Å²) in [4.78, 5) is 8.86. The Labute approximate surface area is 83.7 Å². The highest BCUT2D eigenvalue weighted by Crippen LogP contribution is 2.16. The van der Waals surface area contributed by atoms with Gasteiger partial charge in [0.05, 0.1) is 5.69 Å². The molecule has 2 rings (SSSR count). The fourth-order valence-electron chi connectivity index (χ4n) is 1.66. The number of fused-ring (bicyclic) bond motifs is 1. The maximum atomic E-state index is 5.29. The van der Waals surface area contributed by atoms with Crippen LogP contribution in [0.1, 0.15) is 29.7 Å². The second-order valence-electron chi connectivity index (χ2n) is 3.39. The lowest BCUT2D eigenvalue weighted by Crippen LogP contribution is -2.05. The third-order valence-corrected chi connectivity index (χ3v) is 2.38. The van der Waals surface area contributed by atoms with Crippen molar-refractivity contribution in [2.75, 3.05) is 6.61 Å². The topological polar surface area (TPSA) is 47.0 Å². The van der Waals surface area contributed by atoms with Gasteiger partial charge in [-0.25, -0.2) is 9.97 Å². The Morgan fingerprint density at radius 1 is 1.36 bits per heavy atom. The third-order valence-electron chi connectivity index (χ3n) is 2.38. The minimum atomic E-state index is 0.518. The van der Waals surface area contributed by atoms with Crippen LogP contribution in [-0.4, -0.2) is 16.6 Å². The van der Waals surface area contributed by atoms with Crippen LogP contribution in [0.25, 0.3) is 0 Å². The summed E-state index contributed by atoms with van der Waals surface area (Å²) in [6.07, 6.45) is 0. The minimum absolute atomic E-state index is 0.518. The van der Waals surface area contributed by atoms with Gasteiger partial charge in [0.2, 0.25) is 0 Å². The van der Waals surface area contributed by atoms with Gasteiger partial charge in [-0.15, -0.1) is 0 Å². The van der Waals surface area contributed by atoms with Crippen molar-refractivity contribution in [3.05, 3.63) is 22.8 Å². The molecule has 0 unspecified atom stereocenters. The van der Waals surface area contributed by atoms with E-state index in [0.717, 1.165) is 30.3 Å². The molecule has 0 fully saturated rings. The fraction of sp³-hybridized carbons (Fsp3) is 0.600. The Bertz CT molecular complexity index is 338. The van der Waals surface area contributed by atoms with Crippen LogP contribution in [0.2, 0.25) is 0 Å². The molecule has 0 atom stereocenters. The molecule has 1 aromatic rings. The van der Waals surface area contributed by atoms with E-state index in [0.29, 0.717) is 13.2 Å². The summed E-state index contributed by atoms with van der Waals surface area (Å²) >= 11 is 0. The van der Waals surface area contributed by atoms with Crippen LogP contribution in [0.15, 0.2) is 0 Å². The molecule has 0 spiro atoms. The van der Waals surface area contributed by atoms with Crippen LogP contribution in [0.5, 0.6) is 0 Å². The second kappa shape index (κ2) is 4.02. The van der Waals surface area contributed by atoms with Crippen molar-refractivity contribution in [1.29, 1.82) is 0 Å². The number of aryl methyl sites for hydroxylation is 1. The molecule has 0 aliphatic carbocycles. The monoisotopic (exact) mass is 193 g/mol. The minimum Gasteiger partial charge on any atom is -0.374 e. The summed E-state index contributed by atoms with van der Waals surface area (Å²) in [7, 11) is 0. The molecule has 1 aromatic heterocycles. The molecule has 0 aromatic carbocycles. The highest BCUT2D eigenvalue weighted by Gasteiger charge is 2.16. The van der Waals surface area contributed by atoms with Crippen molar-refractivity contribution < 1.29 is 4.74 Å². The van der Waals surface area contributed by atoms with Gasteiger partial charge < -0.3 is 10.1 Å². The van der Waals surface area contributed by atoms with Gasteiger partial charge in [0, 0.05) is 31.0 Å². The largest absolute Gasteiger partial charge is 0.374 e. The smallest absolute Gasteiger partial charge is 0.154 e. The van der Waals surface area contributed by atoms with Gasteiger partial charge in [0.1, 0.15) is 6.61 Å². The molecular formula is C10H15N3O. The van der Waals surface area contributed by atoms with Crippen molar-refractivity contribution in [2.24, 2.45) is 0 Å². The molecule has 2 heterocycles. The second-order valence-corrected chi connectivity index (χ2v) is 3.39. The number of hydrogen-bond acceptors (Lipinski definition) is 4. The van der Waals surface area contributed by atoms with Crippen LogP contribution in [0.3, 0.4) is 0 Å². The van der Waals surface area contributed by atoms with Crippen LogP contribution in [0.4, 0.5) is 0 Å². The molecule has 0 amide bonds. The molecule has 1 aliphatic heterocycles. The Hall–Kier alpha value is -1.00. The Morgan fingerprint density at radius 3 is 3.00 bits per heavy atom. The lowest BCUT2D eigenvalue weighted by Gasteiger charge is -2.05. The predicted octanol–water partition coefficient (Wildman–Crippen LogP) is 0.925. The first-order chi connectivity index (χ1) is 6.81. The van der Waals surface area contributed by atoms with Crippen molar-refractivity contribution in [2.45, 2.75) is 33.5 Å². The van der Waals surface area contributed by atoms with E-state index < -0.39 is 0 Å². The number of hydrogen-bond donors (Lipinski definition) is 1. The number of nitrogens with one attached hydrogen (secondary N) is 1. The van der Waals surface area contributed by atoms with Gasteiger partial charge >= 0.3 is 0 Å². The molecular weight excluding hydrogens is 178 g/mol. The average Bonchev–Trinajstić information content (AvgIpc) is 2.63. The Morgan fingerprint density at radius 2 is 2.21 bits per heavy atom. The molecule has 0 bridgehead atoms. The van der Waals surface area contributed by atoms with E-state index in [1.165, 1.54) is 5.56 Å². The van der Waals surface area contributed by atoms with Gasteiger partial charge in [-0.3, -0.25) is 0 Å². The van der Waals surface area contributed by atoms with Crippen LogP contribution >= 0.6 is 0 Å². The van der Waals surface area contributed by atoms with E-state index in [1.54, 1.807) is 0 Å². The predicted molar refractivity (Wildman–Crippen MR) is 52.6 cm³/mol. The third kappa shape index (κ3) is 1.76. The molecule has 0 radical (unpaired) electrons. The van der Waals surface area contributed by atoms with Crippen molar-refractivity contribution in [3.8, 4) is 0 Å². The van der Waals surface area contributed by atoms with E-state index in [2.05, 4.69) is 15.3 Å². The van der Waals surface area contributed by atoms with E-state index in [-0.39, 0.29) is 0 Å². The zero-order valence-electron chi connectivity index (χ0n) is 8.63. The zero-order valence-corrected chi connectivity index (χ0v) is 8.63. The fourth-order valence-corrected chi connectivity index (χ4v) is 1.66. The highest BCUT2D eigenvalue weighted by atomic mass is 16.5. The molecule has 4 heteroatoms. The van der Waals surface area contributed by atoms with Crippen molar-refractivity contribution >= 4 is 0 Å². The first kappa shape index (κ1) is 9.55. The maximum Gasteiger partial charge on any atom is 0.154 e. The number of ether oxygens (including phenoxy) is 1. The Balaban J connectivity index is 2.23. The first-order valence-corrected chi connectivity index (χ1v) is 4.95. The van der Waals surface area contributed by atoms with Crippen molar-refractivity contribution in [3.63, 3.8) is 0 Å². The first-order valence-electron chi connectivity index (χ1n) is 4.95. The summed E-state index contributed by atoms with van der Waals surface area (Å²) in [5, 5.41) is 3.27. The molecule has 1 aliphatic rings. The standard InChI is InChI=1S/C10H15N3O/c1-3-14-6-10-12-7(2)8-4-11-5-9(8)13-10/h11H,3-6H2,1-2H3. The lowest BCUT2D eigenvalue weighted by molar-refractivity contribution is 0.128. The van der Waals surface area contributed by atoms with E-state index in [4.69, 9.17) is 4.74 Å². The van der Waals surface area contributed by atoms with Crippen LogP contribution in [0, 0.1) is 6.92 Å². The molecule has 1 N–H and O–H groups in total. The summed E-state index contributed by atoms with van der Waals surface area (Å²) in [5.74, 6) is 0.798. The normalized spacial score (nSPS) is 14.4. The van der Waals surface area contributed by atoms with E-state index in [9.17, 15) is 0 Å². The number of rotatable bonds is 3. The van der Waals surface area contributed by atoms with Crippen LogP contribution in [-0.2, 0) is 24.4 Å². The van der Waals surface area contributed by atoms with Gasteiger partial charge in [-0.05, 0) is 13.8 Å². The quantitative estimate of drug-likeness (QED) is 0.775. The van der Waals surface area contributed by atoms with E-state index >= 15 is 0 Å². The molecule has 0 saturated heterocycles. The lowest BCUT2D eigenvalue weighted by atomic mass is 10.2. The summed E-state index contributed by atoms with van der Waals surface area (Å²) in [6.45, 7) is 6.99. The van der Waals surface area contributed by atoms with Crippen LogP contribution < -0.4 is 5.32 Å².